The van der Waals surface area contributed by atoms with Crippen LogP contribution in [0, 0.1) is 11.6 Å². The molecule has 2 aromatic rings. The molecule has 1 aromatic heterocycles. The van der Waals surface area contributed by atoms with Crippen molar-refractivity contribution in [2.75, 3.05) is 17.7 Å². The van der Waals surface area contributed by atoms with Crippen LogP contribution >= 0.6 is 15.9 Å². The largest absolute Gasteiger partial charge is 0.387 e. The van der Waals surface area contributed by atoms with Gasteiger partial charge < -0.3 is 10.6 Å². The standard InChI is InChI=1S/C13H10BrF2N3O/c1-17-11-2-3-18-6-8(11)13(20)19-12-9(14)4-7(15)5-10(12)16/h2-6H,1H3,(H,17,18)(H,19,20). The summed E-state index contributed by atoms with van der Waals surface area (Å²) in [6, 6.07) is 3.38. The van der Waals surface area contributed by atoms with Crippen LogP contribution in [0.25, 0.3) is 0 Å². The number of hydrogen-bond acceptors (Lipinski definition) is 3. The molecule has 0 fully saturated rings. The smallest absolute Gasteiger partial charge is 0.259 e. The Morgan fingerprint density at radius 2 is 2.10 bits per heavy atom. The number of carbonyl (C=O) groups excluding carboxylic acids is 1. The fourth-order valence-corrected chi connectivity index (χ4v) is 2.14. The van der Waals surface area contributed by atoms with Gasteiger partial charge in [0, 0.05) is 35.7 Å². The second-order valence-electron chi connectivity index (χ2n) is 3.87. The highest BCUT2D eigenvalue weighted by molar-refractivity contribution is 9.10. The minimum atomic E-state index is -0.861. The first-order chi connectivity index (χ1) is 9.52. The summed E-state index contributed by atoms with van der Waals surface area (Å²) in [5.41, 5.74) is 0.684. The van der Waals surface area contributed by atoms with E-state index in [-0.39, 0.29) is 15.7 Å². The van der Waals surface area contributed by atoms with E-state index in [0.717, 1.165) is 6.07 Å². The number of benzene rings is 1. The van der Waals surface area contributed by atoms with E-state index in [9.17, 15) is 13.6 Å². The summed E-state index contributed by atoms with van der Waals surface area (Å²) in [4.78, 5) is 16.0. The Balaban J connectivity index is 2.33. The molecule has 2 N–H and O–H groups in total. The van der Waals surface area contributed by atoms with Crippen LogP contribution in [0.5, 0.6) is 0 Å². The highest BCUT2D eigenvalue weighted by Gasteiger charge is 2.16. The van der Waals surface area contributed by atoms with Gasteiger partial charge in [0.15, 0.2) is 5.82 Å². The first kappa shape index (κ1) is 14.4. The maximum absolute atomic E-state index is 13.7. The highest BCUT2D eigenvalue weighted by atomic mass is 79.9. The Hall–Kier alpha value is -2.02. The first-order valence-corrected chi connectivity index (χ1v) is 6.40. The van der Waals surface area contributed by atoms with E-state index in [1.54, 1.807) is 13.1 Å². The lowest BCUT2D eigenvalue weighted by molar-refractivity contribution is 0.102. The van der Waals surface area contributed by atoms with Crippen LogP contribution in [0.2, 0.25) is 0 Å². The molecule has 104 valence electrons. The SMILES string of the molecule is CNc1ccncc1C(=O)Nc1c(F)cc(F)cc1Br. The molecule has 0 unspecified atom stereocenters. The average Bonchev–Trinajstić information content (AvgIpc) is 2.42. The molecule has 2 rings (SSSR count). The van der Waals surface area contributed by atoms with E-state index in [2.05, 4.69) is 31.5 Å². The maximum atomic E-state index is 13.7. The molecule has 1 heterocycles. The summed E-state index contributed by atoms with van der Waals surface area (Å²) in [6.45, 7) is 0. The molecule has 20 heavy (non-hydrogen) atoms. The summed E-state index contributed by atoms with van der Waals surface area (Å²) >= 11 is 3.01. The second kappa shape index (κ2) is 5.96. The predicted octanol–water partition coefficient (Wildman–Crippen LogP) is 3.42. The topological polar surface area (TPSA) is 54.0 Å². The minimum Gasteiger partial charge on any atom is -0.387 e. The van der Waals surface area contributed by atoms with Crippen LogP contribution in [0.3, 0.4) is 0 Å². The summed E-state index contributed by atoms with van der Waals surface area (Å²) in [6.07, 6.45) is 2.88. The van der Waals surface area contributed by atoms with E-state index in [1.165, 1.54) is 12.4 Å². The molecule has 0 aliphatic carbocycles. The molecule has 0 atom stereocenters. The maximum Gasteiger partial charge on any atom is 0.259 e. The van der Waals surface area contributed by atoms with Gasteiger partial charge in [0.05, 0.1) is 11.3 Å². The average molecular weight is 342 g/mol. The minimum absolute atomic E-state index is 0.123. The second-order valence-corrected chi connectivity index (χ2v) is 4.72. The zero-order valence-electron chi connectivity index (χ0n) is 10.4. The number of nitrogens with zero attached hydrogens (tertiary/aromatic N) is 1. The summed E-state index contributed by atoms with van der Waals surface area (Å²) in [5, 5.41) is 5.22. The number of carbonyl (C=O) groups is 1. The molecule has 0 bridgehead atoms. The van der Waals surface area contributed by atoms with Crippen molar-refractivity contribution in [3.05, 3.63) is 52.3 Å². The Labute approximate surface area is 122 Å². The number of pyridine rings is 1. The molecule has 1 aromatic carbocycles. The van der Waals surface area contributed by atoms with Gasteiger partial charge in [-0.15, -0.1) is 0 Å². The lowest BCUT2D eigenvalue weighted by atomic mass is 10.2. The van der Waals surface area contributed by atoms with E-state index >= 15 is 0 Å². The van der Waals surface area contributed by atoms with Crippen molar-refractivity contribution >= 4 is 33.2 Å². The number of hydrogen-bond donors (Lipinski definition) is 2. The van der Waals surface area contributed by atoms with Gasteiger partial charge in [0.1, 0.15) is 5.82 Å². The van der Waals surface area contributed by atoms with Crippen molar-refractivity contribution in [3.63, 3.8) is 0 Å². The van der Waals surface area contributed by atoms with Crippen LogP contribution in [0.15, 0.2) is 35.1 Å². The van der Waals surface area contributed by atoms with Crippen LogP contribution in [-0.2, 0) is 0 Å². The summed E-state index contributed by atoms with van der Waals surface area (Å²) in [5.74, 6) is -2.14. The van der Waals surface area contributed by atoms with Crippen molar-refractivity contribution < 1.29 is 13.6 Å². The van der Waals surface area contributed by atoms with Crippen LogP contribution in [0.4, 0.5) is 20.2 Å². The lowest BCUT2D eigenvalue weighted by Crippen LogP contribution is -2.15. The zero-order valence-corrected chi connectivity index (χ0v) is 12.0. The number of rotatable bonds is 3. The third-order valence-corrected chi connectivity index (χ3v) is 3.21. The molecule has 1 amide bonds. The normalized spacial score (nSPS) is 10.2. The number of halogens is 3. The van der Waals surface area contributed by atoms with E-state index < -0.39 is 17.5 Å². The van der Waals surface area contributed by atoms with Gasteiger partial charge in [0.2, 0.25) is 0 Å². The summed E-state index contributed by atoms with van der Waals surface area (Å²) < 4.78 is 26.8. The Kier molecular flexibility index (Phi) is 4.29. The number of nitrogens with one attached hydrogen (secondary N) is 2. The van der Waals surface area contributed by atoms with E-state index in [1.807, 2.05) is 0 Å². The molecule has 0 aliphatic heterocycles. The van der Waals surface area contributed by atoms with Gasteiger partial charge in [-0.05, 0) is 28.1 Å². The van der Waals surface area contributed by atoms with Gasteiger partial charge in [-0.2, -0.15) is 0 Å². The van der Waals surface area contributed by atoms with Crippen molar-refractivity contribution in [2.24, 2.45) is 0 Å². The number of amides is 1. The van der Waals surface area contributed by atoms with Crippen LogP contribution in [0.1, 0.15) is 10.4 Å². The molecule has 0 saturated heterocycles. The van der Waals surface area contributed by atoms with Crippen molar-refractivity contribution in [2.45, 2.75) is 0 Å². The molecular formula is C13H10BrF2N3O. The van der Waals surface area contributed by atoms with Gasteiger partial charge in [0.25, 0.3) is 5.91 Å². The van der Waals surface area contributed by atoms with Gasteiger partial charge in [-0.1, -0.05) is 0 Å². The number of anilines is 2. The summed E-state index contributed by atoms with van der Waals surface area (Å²) in [7, 11) is 1.65. The monoisotopic (exact) mass is 341 g/mol. The Morgan fingerprint density at radius 3 is 2.75 bits per heavy atom. The first-order valence-electron chi connectivity index (χ1n) is 5.60. The van der Waals surface area contributed by atoms with E-state index in [0.29, 0.717) is 11.8 Å². The fourth-order valence-electron chi connectivity index (χ4n) is 1.64. The lowest BCUT2D eigenvalue weighted by Gasteiger charge is -2.11. The molecule has 0 spiro atoms. The van der Waals surface area contributed by atoms with Gasteiger partial charge in [-0.25, -0.2) is 8.78 Å². The Morgan fingerprint density at radius 1 is 1.35 bits per heavy atom. The van der Waals surface area contributed by atoms with Crippen molar-refractivity contribution in [1.29, 1.82) is 0 Å². The molecule has 4 nitrogen and oxygen atoms in total. The third kappa shape index (κ3) is 2.93. The predicted molar refractivity (Wildman–Crippen MR) is 75.8 cm³/mol. The van der Waals surface area contributed by atoms with Crippen LogP contribution in [-0.4, -0.2) is 17.9 Å². The molecule has 0 radical (unpaired) electrons. The van der Waals surface area contributed by atoms with Gasteiger partial charge in [-0.3, -0.25) is 9.78 Å². The van der Waals surface area contributed by atoms with Gasteiger partial charge >= 0.3 is 0 Å². The Bertz CT molecular complexity index is 641. The zero-order chi connectivity index (χ0) is 14.7. The molecule has 0 aliphatic rings. The van der Waals surface area contributed by atoms with Crippen molar-refractivity contribution in [1.82, 2.24) is 4.98 Å². The number of aromatic nitrogens is 1. The quantitative estimate of drug-likeness (QED) is 0.899. The van der Waals surface area contributed by atoms with Crippen molar-refractivity contribution in [3.8, 4) is 0 Å². The highest BCUT2D eigenvalue weighted by Crippen LogP contribution is 2.27. The fraction of sp³-hybridized carbons (Fsp3) is 0.0769. The van der Waals surface area contributed by atoms with Crippen LogP contribution < -0.4 is 10.6 Å². The molecule has 0 saturated carbocycles. The molecule has 7 heteroatoms. The third-order valence-electron chi connectivity index (χ3n) is 2.58. The van der Waals surface area contributed by atoms with E-state index in [4.69, 9.17) is 0 Å². The molecular weight excluding hydrogens is 332 g/mol.